The van der Waals surface area contributed by atoms with E-state index < -0.39 is 5.91 Å². The van der Waals surface area contributed by atoms with Crippen molar-refractivity contribution < 1.29 is 4.79 Å². The van der Waals surface area contributed by atoms with E-state index in [1.807, 2.05) is 6.07 Å². The van der Waals surface area contributed by atoms with Gasteiger partial charge in [0.2, 0.25) is 5.91 Å². The Morgan fingerprint density at radius 2 is 2.06 bits per heavy atom. The van der Waals surface area contributed by atoms with Crippen LogP contribution in [-0.4, -0.2) is 11.4 Å². The van der Waals surface area contributed by atoms with Crippen LogP contribution in [0.2, 0.25) is 5.02 Å². The highest BCUT2D eigenvalue weighted by atomic mass is 35.5. The zero-order valence-electron chi connectivity index (χ0n) is 9.80. The van der Waals surface area contributed by atoms with Crippen molar-refractivity contribution in [2.75, 3.05) is 0 Å². The van der Waals surface area contributed by atoms with Crippen molar-refractivity contribution in [3.05, 3.63) is 34.3 Å². The van der Waals surface area contributed by atoms with Gasteiger partial charge in [0.25, 0.3) is 0 Å². The number of nitrogens with one attached hydrogen (secondary N) is 1. The van der Waals surface area contributed by atoms with Gasteiger partial charge in [-0.15, -0.1) is 0 Å². The molecule has 0 aliphatic carbocycles. The Balaban J connectivity index is 2.80. The maximum Gasteiger partial charge on any atom is 0.248 e. The summed E-state index contributed by atoms with van der Waals surface area (Å²) in [7, 11) is 0. The number of carbonyl (C=O) groups excluding carboxylic acids is 1. The first kappa shape index (κ1) is 13.0. The van der Waals surface area contributed by atoms with Gasteiger partial charge in [0.1, 0.15) is 0 Å². The fourth-order valence-corrected chi connectivity index (χ4v) is 1.45. The molecule has 0 bridgehead atoms. The number of hydrogen-bond donors (Lipinski definition) is 2. The molecule has 3 nitrogen and oxygen atoms in total. The van der Waals surface area contributed by atoms with Crippen LogP contribution in [0.15, 0.2) is 18.2 Å². The second kappa shape index (κ2) is 4.85. The van der Waals surface area contributed by atoms with Crippen molar-refractivity contribution in [1.29, 1.82) is 0 Å². The molecule has 0 spiro atoms. The molecule has 0 saturated heterocycles. The molecule has 1 aromatic rings. The first-order valence-electron chi connectivity index (χ1n) is 5.13. The smallest absolute Gasteiger partial charge is 0.248 e. The van der Waals surface area contributed by atoms with Gasteiger partial charge in [0.15, 0.2) is 0 Å². The van der Waals surface area contributed by atoms with E-state index in [0.29, 0.717) is 17.1 Å². The van der Waals surface area contributed by atoms with Crippen LogP contribution >= 0.6 is 11.6 Å². The molecular formula is C12H17ClN2O. The summed E-state index contributed by atoms with van der Waals surface area (Å²) in [6.45, 7) is 6.91. The van der Waals surface area contributed by atoms with Gasteiger partial charge in [-0.1, -0.05) is 17.7 Å². The van der Waals surface area contributed by atoms with Crippen LogP contribution in [-0.2, 0) is 6.54 Å². The van der Waals surface area contributed by atoms with Crippen molar-refractivity contribution in [3.63, 3.8) is 0 Å². The summed E-state index contributed by atoms with van der Waals surface area (Å²) in [4.78, 5) is 10.9. The van der Waals surface area contributed by atoms with Gasteiger partial charge in [-0.3, -0.25) is 4.79 Å². The number of amides is 1. The molecule has 1 aromatic carbocycles. The van der Waals surface area contributed by atoms with E-state index in [0.717, 1.165) is 5.56 Å². The highest BCUT2D eigenvalue weighted by molar-refractivity contribution is 6.31. The summed E-state index contributed by atoms with van der Waals surface area (Å²) in [5, 5.41) is 3.89. The van der Waals surface area contributed by atoms with Crippen LogP contribution in [0, 0.1) is 0 Å². The molecule has 0 fully saturated rings. The van der Waals surface area contributed by atoms with Crippen molar-refractivity contribution in [3.8, 4) is 0 Å². The monoisotopic (exact) mass is 240 g/mol. The molecule has 4 heteroatoms. The zero-order valence-corrected chi connectivity index (χ0v) is 10.6. The predicted molar refractivity (Wildman–Crippen MR) is 66.6 cm³/mol. The lowest BCUT2D eigenvalue weighted by Crippen LogP contribution is -2.35. The van der Waals surface area contributed by atoms with Crippen LogP contribution in [0.3, 0.4) is 0 Å². The molecule has 0 atom stereocenters. The number of rotatable bonds is 3. The van der Waals surface area contributed by atoms with Crippen molar-refractivity contribution >= 4 is 17.5 Å². The number of carbonyl (C=O) groups is 1. The fraction of sp³-hybridized carbons (Fsp3) is 0.417. The van der Waals surface area contributed by atoms with Gasteiger partial charge >= 0.3 is 0 Å². The number of hydrogen-bond acceptors (Lipinski definition) is 2. The van der Waals surface area contributed by atoms with E-state index in [4.69, 9.17) is 17.3 Å². The zero-order chi connectivity index (χ0) is 12.3. The molecule has 16 heavy (non-hydrogen) atoms. The van der Waals surface area contributed by atoms with Gasteiger partial charge < -0.3 is 11.1 Å². The molecule has 0 aliphatic rings. The van der Waals surface area contributed by atoms with Crippen LogP contribution in [0.4, 0.5) is 0 Å². The van der Waals surface area contributed by atoms with Crippen molar-refractivity contribution in [2.24, 2.45) is 5.73 Å². The standard InChI is InChI=1S/C12H17ClN2O/c1-12(2,3)15-7-9-5-4-8(11(14)16)6-10(9)13/h4-6,15H,7H2,1-3H3,(H2,14,16). The molecule has 0 aliphatic heterocycles. The molecule has 1 amide bonds. The highest BCUT2D eigenvalue weighted by Gasteiger charge is 2.10. The quantitative estimate of drug-likeness (QED) is 0.852. The summed E-state index contributed by atoms with van der Waals surface area (Å²) in [6.07, 6.45) is 0. The van der Waals surface area contributed by atoms with E-state index in [9.17, 15) is 4.79 Å². The van der Waals surface area contributed by atoms with E-state index in [-0.39, 0.29) is 5.54 Å². The number of halogens is 1. The molecule has 3 N–H and O–H groups in total. The summed E-state index contributed by atoms with van der Waals surface area (Å²) in [5.74, 6) is -0.461. The fourth-order valence-electron chi connectivity index (χ4n) is 1.20. The third kappa shape index (κ3) is 3.83. The van der Waals surface area contributed by atoms with Gasteiger partial charge in [-0.25, -0.2) is 0 Å². The van der Waals surface area contributed by atoms with Crippen LogP contribution in [0.5, 0.6) is 0 Å². The summed E-state index contributed by atoms with van der Waals surface area (Å²) in [5.41, 5.74) is 6.59. The highest BCUT2D eigenvalue weighted by Crippen LogP contribution is 2.18. The third-order valence-corrected chi connectivity index (χ3v) is 2.50. The first-order chi connectivity index (χ1) is 7.29. The Morgan fingerprint density at radius 3 is 2.50 bits per heavy atom. The van der Waals surface area contributed by atoms with E-state index in [2.05, 4.69) is 26.1 Å². The Morgan fingerprint density at radius 1 is 1.44 bits per heavy atom. The van der Waals surface area contributed by atoms with E-state index in [1.165, 1.54) is 0 Å². The van der Waals surface area contributed by atoms with Crippen LogP contribution < -0.4 is 11.1 Å². The lowest BCUT2D eigenvalue weighted by Gasteiger charge is -2.21. The molecule has 0 unspecified atom stereocenters. The molecule has 0 heterocycles. The largest absolute Gasteiger partial charge is 0.366 e. The molecule has 1 rings (SSSR count). The molecular weight excluding hydrogens is 224 g/mol. The molecule has 88 valence electrons. The Labute approximate surface area is 101 Å². The predicted octanol–water partition coefficient (Wildman–Crippen LogP) is 2.33. The number of primary amides is 1. The average molecular weight is 241 g/mol. The minimum absolute atomic E-state index is 0.0334. The second-order valence-corrected chi connectivity index (χ2v) is 5.18. The minimum Gasteiger partial charge on any atom is -0.366 e. The maximum absolute atomic E-state index is 10.9. The topological polar surface area (TPSA) is 55.1 Å². The Bertz CT molecular complexity index is 396. The lowest BCUT2D eigenvalue weighted by atomic mass is 10.1. The van der Waals surface area contributed by atoms with Gasteiger partial charge in [-0.2, -0.15) is 0 Å². The SMILES string of the molecule is CC(C)(C)NCc1ccc(C(N)=O)cc1Cl. The first-order valence-corrected chi connectivity index (χ1v) is 5.50. The van der Waals surface area contributed by atoms with Crippen molar-refractivity contribution in [1.82, 2.24) is 5.32 Å². The lowest BCUT2D eigenvalue weighted by molar-refractivity contribution is 0.100. The summed E-state index contributed by atoms with van der Waals surface area (Å²) >= 11 is 6.05. The normalized spacial score (nSPS) is 11.5. The second-order valence-electron chi connectivity index (χ2n) is 4.77. The van der Waals surface area contributed by atoms with Gasteiger partial charge in [0, 0.05) is 22.7 Å². The molecule has 0 aromatic heterocycles. The van der Waals surface area contributed by atoms with Crippen molar-refractivity contribution in [2.45, 2.75) is 32.9 Å². The Kier molecular flexibility index (Phi) is 3.94. The van der Waals surface area contributed by atoms with Crippen LogP contribution in [0.1, 0.15) is 36.7 Å². The summed E-state index contributed by atoms with van der Waals surface area (Å²) < 4.78 is 0. The molecule has 0 radical (unpaired) electrons. The maximum atomic E-state index is 10.9. The summed E-state index contributed by atoms with van der Waals surface area (Å²) in [6, 6.07) is 5.11. The van der Waals surface area contributed by atoms with Gasteiger partial charge in [-0.05, 0) is 38.5 Å². The number of benzene rings is 1. The molecule has 0 saturated carbocycles. The minimum atomic E-state index is -0.461. The Hall–Kier alpha value is -1.06. The van der Waals surface area contributed by atoms with E-state index >= 15 is 0 Å². The van der Waals surface area contributed by atoms with Gasteiger partial charge in [0.05, 0.1) is 0 Å². The average Bonchev–Trinajstić information content (AvgIpc) is 2.14. The van der Waals surface area contributed by atoms with E-state index in [1.54, 1.807) is 12.1 Å². The number of nitrogens with two attached hydrogens (primary N) is 1. The third-order valence-electron chi connectivity index (χ3n) is 2.15. The van der Waals surface area contributed by atoms with Crippen LogP contribution in [0.25, 0.3) is 0 Å².